The molecule has 2 nitrogen and oxygen atoms in total. The van der Waals surface area contributed by atoms with E-state index in [1.165, 1.54) is 32.1 Å². The van der Waals surface area contributed by atoms with Crippen LogP contribution in [0.25, 0.3) is 0 Å². The first kappa shape index (κ1) is 10.3. The SMILES string of the molecule is CCCCCC(CC)n1ccnc1. The molecular formula is C11H20N2. The van der Waals surface area contributed by atoms with Gasteiger partial charge in [0.15, 0.2) is 0 Å². The van der Waals surface area contributed by atoms with E-state index in [1.54, 1.807) is 0 Å². The summed E-state index contributed by atoms with van der Waals surface area (Å²) in [5.41, 5.74) is 0. The molecular weight excluding hydrogens is 160 g/mol. The molecule has 2 heteroatoms. The van der Waals surface area contributed by atoms with E-state index in [1.807, 2.05) is 12.5 Å². The largest absolute Gasteiger partial charge is 0.334 e. The maximum Gasteiger partial charge on any atom is 0.0948 e. The van der Waals surface area contributed by atoms with Crippen molar-refractivity contribution in [3.63, 3.8) is 0 Å². The van der Waals surface area contributed by atoms with Crippen molar-refractivity contribution in [3.8, 4) is 0 Å². The number of unbranched alkanes of at least 4 members (excludes halogenated alkanes) is 2. The predicted molar refractivity (Wildman–Crippen MR) is 55.7 cm³/mol. The van der Waals surface area contributed by atoms with Crippen molar-refractivity contribution in [2.45, 2.75) is 52.0 Å². The molecule has 1 rings (SSSR count). The van der Waals surface area contributed by atoms with Crippen molar-refractivity contribution < 1.29 is 0 Å². The number of aromatic nitrogens is 2. The molecule has 0 bridgehead atoms. The average molecular weight is 180 g/mol. The number of imidazole rings is 1. The maximum absolute atomic E-state index is 4.08. The van der Waals surface area contributed by atoms with Gasteiger partial charge in [-0.2, -0.15) is 0 Å². The van der Waals surface area contributed by atoms with Gasteiger partial charge in [0, 0.05) is 18.4 Å². The van der Waals surface area contributed by atoms with Crippen molar-refractivity contribution in [2.75, 3.05) is 0 Å². The first-order valence-electron chi connectivity index (χ1n) is 5.36. The summed E-state index contributed by atoms with van der Waals surface area (Å²) in [6.07, 6.45) is 12.4. The van der Waals surface area contributed by atoms with E-state index in [-0.39, 0.29) is 0 Å². The molecule has 0 aliphatic heterocycles. The summed E-state index contributed by atoms with van der Waals surface area (Å²) in [5.74, 6) is 0. The van der Waals surface area contributed by atoms with Gasteiger partial charge in [-0.25, -0.2) is 4.98 Å². The zero-order valence-corrected chi connectivity index (χ0v) is 8.74. The monoisotopic (exact) mass is 180 g/mol. The molecule has 0 aliphatic carbocycles. The second-order valence-corrected chi connectivity index (χ2v) is 3.57. The van der Waals surface area contributed by atoms with Gasteiger partial charge in [0.2, 0.25) is 0 Å². The second kappa shape index (κ2) is 5.79. The molecule has 0 fully saturated rings. The summed E-state index contributed by atoms with van der Waals surface area (Å²) in [6.45, 7) is 4.49. The molecule has 1 unspecified atom stereocenters. The fraction of sp³-hybridized carbons (Fsp3) is 0.727. The first-order valence-corrected chi connectivity index (χ1v) is 5.36. The normalized spacial score (nSPS) is 13.1. The molecule has 0 N–H and O–H groups in total. The molecule has 0 aliphatic rings. The lowest BCUT2D eigenvalue weighted by molar-refractivity contribution is 0.431. The highest BCUT2D eigenvalue weighted by atomic mass is 15.0. The van der Waals surface area contributed by atoms with Crippen LogP contribution in [-0.2, 0) is 0 Å². The summed E-state index contributed by atoms with van der Waals surface area (Å²) < 4.78 is 2.23. The quantitative estimate of drug-likeness (QED) is 0.613. The molecule has 0 amide bonds. The Kier molecular flexibility index (Phi) is 4.58. The molecule has 0 saturated heterocycles. The molecule has 0 saturated carbocycles. The minimum Gasteiger partial charge on any atom is -0.334 e. The minimum atomic E-state index is 0.661. The summed E-state index contributed by atoms with van der Waals surface area (Å²) in [7, 11) is 0. The highest BCUT2D eigenvalue weighted by molar-refractivity contribution is 4.79. The summed E-state index contributed by atoms with van der Waals surface area (Å²) in [6, 6.07) is 0.661. The first-order chi connectivity index (χ1) is 6.38. The van der Waals surface area contributed by atoms with Gasteiger partial charge in [-0.1, -0.05) is 33.1 Å². The fourth-order valence-corrected chi connectivity index (χ4v) is 1.68. The van der Waals surface area contributed by atoms with E-state index in [0.29, 0.717) is 6.04 Å². The molecule has 1 heterocycles. The van der Waals surface area contributed by atoms with E-state index < -0.39 is 0 Å². The van der Waals surface area contributed by atoms with Crippen molar-refractivity contribution in [1.82, 2.24) is 9.55 Å². The van der Waals surface area contributed by atoms with Crippen LogP contribution >= 0.6 is 0 Å². The van der Waals surface area contributed by atoms with Gasteiger partial charge in [-0.05, 0) is 12.8 Å². The molecule has 0 radical (unpaired) electrons. The van der Waals surface area contributed by atoms with Crippen LogP contribution in [0.4, 0.5) is 0 Å². The van der Waals surface area contributed by atoms with E-state index in [9.17, 15) is 0 Å². The Bertz CT molecular complexity index is 204. The van der Waals surface area contributed by atoms with Crippen LogP contribution in [0.3, 0.4) is 0 Å². The van der Waals surface area contributed by atoms with Gasteiger partial charge in [-0.3, -0.25) is 0 Å². The third-order valence-electron chi connectivity index (χ3n) is 2.56. The van der Waals surface area contributed by atoms with Crippen LogP contribution in [-0.4, -0.2) is 9.55 Å². The number of nitrogens with zero attached hydrogens (tertiary/aromatic N) is 2. The topological polar surface area (TPSA) is 17.8 Å². The van der Waals surface area contributed by atoms with Crippen LogP contribution in [0.1, 0.15) is 52.0 Å². The lowest BCUT2D eigenvalue weighted by Gasteiger charge is -2.15. The number of rotatable bonds is 6. The zero-order valence-electron chi connectivity index (χ0n) is 8.74. The highest BCUT2D eigenvalue weighted by Crippen LogP contribution is 2.18. The Morgan fingerprint density at radius 3 is 2.69 bits per heavy atom. The van der Waals surface area contributed by atoms with Crippen molar-refractivity contribution >= 4 is 0 Å². The lowest BCUT2D eigenvalue weighted by Crippen LogP contribution is -2.05. The Hall–Kier alpha value is -0.790. The molecule has 1 aromatic rings. The molecule has 0 aromatic carbocycles. The van der Waals surface area contributed by atoms with E-state index in [4.69, 9.17) is 0 Å². The number of hydrogen-bond acceptors (Lipinski definition) is 1. The van der Waals surface area contributed by atoms with E-state index >= 15 is 0 Å². The predicted octanol–water partition coefficient (Wildman–Crippen LogP) is 3.41. The van der Waals surface area contributed by atoms with Crippen LogP contribution in [0, 0.1) is 0 Å². The summed E-state index contributed by atoms with van der Waals surface area (Å²) in [5, 5.41) is 0. The van der Waals surface area contributed by atoms with Crippen LogP contribution in [0.5, 0.6) is 0 Å². The van der Waals surface area contributed by atoms with Gasteiger partial charge < -0.3 is 4.57 Å². The maximum atomic E-state index is 4.08. The van der Waals surface area contributed by atoms with Crippen LogP contribution in [0.2, 0.25) is 0 Å². The molecule has 1 aromatic heterocycles. The smallest absolute Gasteiger partial charge is 0.0948 e. The van der Waals surface area contributed by atoms with Gasteiger partial charge in [0.05, 0.1) is 6.33 Å². The molecule has 1 atom stereocenters. The van der Waals surface area contributed by atoms with Crippen molar-refractivity contribution in [3.05, 3.63) is 18.7 Å². The van der Waals surface area contributed by atoms with Gasteiger partial charge in [0.25, 0.3) is 0 Å². The van der Waals surface area contributed by atoms with Crippen molar-refractivity contribution in [1.29, 1.82) is 0 Å². The average Bonchev–Trinajstić information content (AvgIpc) is 2.65. The Balaban J connectivity index is 2.35. The molecule has 0 spiro atoms. The standard InChI is InChI=1S/C11H20N2/c1-3-5-6-7-11(4-2)13-9-8-12-10-13/h8-11H,3-7H2,1-2H3. The Labute approximate surface area is 81.0 Å². The van der Waals surface area contributed by atoms with E-state index in [0.717, 1.165) is 0 Å². The van der Waals surface area contributed by atoms with Gasteiger partial charge in [0.1, 0.15) is 0 Å². The summed E-state index contributed by atoms with van der Waals surface area (Å²) in [4.78, 5) is 4.08. The van der Waals surface area contributed by atoms with Crippen LogP contribution < -0.4 is 0 Å². The molecule has 13 heavy (non-hydrogen) atoms. The number of hydrogen-bond donors (Lipinski definition) is 0. The second-order valence-electron chi connectivity index (χ2n) is 3.57. The third kappa shape index (κ3) is 3.21. The Morgan fingerprint density at radius 1 is 1.31 bits per heavy atom. The highest BCUT2D eigenvalue weighted by Gasteiger charge is 2.06. The van der Waals surface area contributed by atoms with Gasteiger partial charge in [-0.15, -0.1) is 0 Å². The minimum absolute atomic E-state index is 0.661. The van der Waals surface area contributed by atoms with E-state index in [2.05, 4.69) is 29.6 Å². The Morgan fingerprint density at radius 2 is 2.15 bits per heavy atom. The summed E-state index contributed by atoms with van der Waals surface area (Å²) >= 11 is 0. The molecule has 74 valence electrons. The fourth-order valence-electron chi connectivity index (χ4n) is 1.68. The zero-order chi connectivity index (χ0) is 9.52. The van der Waals surface area contributed by atoms with Crippen LogP contribution in [0.15, 0.2) is 18.7 Å². The van der Waals surface area contributed by atoms with Gasteiger partial charge >= 0.3 is 0 Å². The van der Waals surface area contributed by atoms with Crippen molar-refractivity contribution in [2.24, 2.45) is 0 Å². The lowest BCUT2D eigenvalue weighted by atomic mass is 10.1. The third-order valence-corrected chi connectivity index (χ3v) is 2.56.